The third-order valence-electron chi connectivity index (χ3n) is 4.79. The van der Waals surface area contributed by atoms with Crippen molar-refractivity contribution in [3.63, 3.8) is 0 Å². The summed E-state index contributed by atoms with van der Waals surface area (Å²) in [5, 5.41) is 3.58. The SMILES string of the molecule is Cc1nc2c(c(NCC(c3ccccn3)N(C)C)n1)CCN(C)CC2. The van der Waals surface area contributed by atoms with Crippen LogP contribution in [0.1, 0.15) is 28.8 Å². The second kappa shape index (κ2) is 7.89. The van der Waals surface area contributed by atoms with Crippen LogP contribution in [0, 0.1) is 6.92 Å². The summed E-state index contributed by atoms with van der Waals surface area (Å²) in [6.07, 6.45) is 3.83. The van der Waals surface area contributed by atoms with E-state index in [1.54, 1.807) is 0 Å². The molecule has 6 nitrogen and oxygen atoms in total. The quantitative estimate of drug-likeness (QED) is 0.897. The average molecular weight is 340 g/mol. The molecule has 0 saturated carbocycles. The summed E-state index contributed by atoms with van der Waals surface area (Å²) in [5.74, 6) is 1.82. The van der Waals surface area contributed by atoms with E-state index in [4.69, 9.17) is 4.98 Å². The van der Waals surface area contributed by atoms with Gasteiger partial charge < -0.3 is 10.2 Å². The summed E-state index contributed by atoms with van der Waals surface area (Å²) >= 11 is 0. The van der Waals surface area contributed by atoms with Gasteiger partial charge in [0.25, 0.3) is 0 Å². The Hall–Kier alpha value is -2.05. The predicted octanol–water partition coefficient (Wildman–Crippen LogP) is 1.93. The molecule has 6 heteroatoms. The zero-order valence-corrected chi connectivity index (χ0v) is 15.7. The molecule has 1 aliphatic rings. The van der Waals surface area contributed by atoms with E-state index in [1.165, 1.54) is 11.3 Å². The monoisotopic (exact) mass is 340 g/mol. The molecule has 134 valence electrons. The maximum absolute atomic E-state index is 4.70. The molecule has 0 amide bonds. The van der Waals surface area contributed by atoms with E-state index < -0.39 is 0 Å². The lowest BCUT2D eigenvalue weighted by atomic mass is 10.1. The minimum Gasteiger partial charge on any atom is -0.368 e. The molecule has 2 aromatic heterocycles. The summed E-state index contributed by atoms with van der Waals surface area (Å²) in [7, 11) is 6.34. The zero-order chi connectivity index (χ0) is 17.8. The van der Waals surface area contributed by atoms with Crippen LogP contribution in [-0.4, -0.2) is 65.5 Å². The summed E-state index contributed by atoms with van der Waals surface area (Å²) in [4.78, 5) is 18.5. The number of nitrogens with zero attached hydrogens (tertiary/aromatic N) is 5. The van der Waals surface area contributed by atoms with E-state index in [1.807, 2.05) is 25.3 Å². The van der Waals surface area contributed by atoms with Crippen molar-refractivity contribution >= 4 is 5.82 Å². The molecule has 1 N–H and O–H groups in total. The molecule has 0 bridgehead atoms. The fourth-order valence-corrected chi connectivity index (χ4v) is 3.30. The van der Waals surface area contributed by atoms with Crippen molar-refractivity contribution in [1.29, 1.82) is 0 Å². The molecular weight excluding hydrogens is 312 g/mol. The Balaban J connectivity index is 1.82. The van der Waals surface area contributed by atoms with Gasteiger partial charge in [0, 0.05) is 37.8 Å². The lowest BCUT2D eigenvalue weighted by Gasteiger charge is -2.25. The lowest BCUT2D eigenvalue weighted by Crippen LogP contribution is -2.28. The van der Waals surface area contributed by atoms with Gasteiger partial charge in [0.1, 0.15) is 11.6 Å². The highest BCUT2D eigenvalue weighted by Crippen LogP contribution is 2.23. The van der Waals surface area contributed by atoms with Crippen LogP contribution in [0.3, 0.4) is 0 Å². The third kappa shape index (κ3) is 4.32. The van der Waals surface area contributed by atoms with Crippen LogP contribution >= 0.6 is 0 Å². The van der Waals surface area contributed by atoms with Gasteiger partial charge in [0.05, 0.1) is 17.4 Å². The largest absolute Gasteiger partial charge is 0.368 e. The van der Waals surface area contributed by atoms with E-state index >= 15 is 0 Å². The highest BCUT2D eigenvalue weighted by Gasteiger charge is 2.20. The first-order valence-corrected chi connectivity index (χ1v) is 8.90. The van der Waals surface area contributed by atoms with E-state index in [0.29, 0.717) is 0 Å². The van der Waals surface area contributed by atoms with Gasteiger partial charge in [-0.25, -0.2) is 9.97 Å². The van der Waals surface area contributed by atoms with Crippen LogP contribution < -0.4 is 5.32 Å². The Labute approximate surface area is 150 Å². The van der Waals surface area contributed by atoms with Gasteiger partial charge in [-0.3, -0.25) is 9.88 Å². The second-order valence-electron chi connectivity index (χ2n) is 6.96. The zero-order valence-electron chi connectivity index (χ0n) is 15.7. The van der Waals surface area contributed by atoms with Crippen molar-refractivity contribution in [3.8, 4) is 0 Å². The summed E-state index contributed by atoms with van der Waals surface area (Å²) in [6, 6.07) is 6.26. The molecule has 1 aliphatic heterocycles. The summed E-state index contributed by atoms with van der Waals surface area (Å²) in [6.45, 7) is 4.84. The van der Waals surface area contributed by atoms with Crippen LogP contribution in [0.15, 0.2) is 24.4 Å². The number of fused-ring (bicyclic) bond motifs is 1. The van der Waals surface area contributed by atoms with Crippen LogP contribution in [0.25, 0.3) is 0 Å². The highest BCUT2D eigenvalue weighted by molar-refractivity contribution is 5.48. The number of aromatic nitrogens is 3. The Kier molecular flexibility index (Phi) is 5.60. The van der Waals surface area contributed by atoms with Crippen LogP contribution in [-0.2, 0) is 12.8 Å². The van der Waals surface area contributed by atoms with Crippen molar-refractivity contribution in [2.75, 3.05) is 46.1 Å². The van der Waals surface area contributed by atoms with E-state index in [2.05, 4.69) is 52.3 Å². The number of anilines is 1. The molecule has 0 fully saturated rings. The molecule has 0 spiro atoms. The first kappa shape index (κ1) is 17.8. The molecule has 1 unspecified atom stereocenters. The fraction of sp³-hybridized carbons (Fsp3) is 0.526. The predicted molar refractivity (Wildman–Crippen MR) is 101 cm³/mol. The highest BCUT2D eigenvalue weighted by atomic mass is 15.2. The minimum atomic E-state index is 0.195. The molecule has 3 rings (SSSR count). The first-order valence-electron chi connectivity index (χ1n) is 8.90. The maximum Gasteiger partial charge on any atom is 0.133 e. The average Bonchev–Trinajstić information content (AvgIpc) is 2.77. The van der Waals surface area contributed by atoms with Gasteiger partial charge in [0.2, 0.25) is 0 Å². The number of likely N-dealkylation sites (N-methyl/N-ethyl adjacent to an activating group) is 2. The van der Waals surface area contributed by atoms with Crippen molar-refractivity contribution in [3.05, 3.63) is 47.2 Å². The summed E-state index contributed by atoms with van der Waals surface area (Å²) in [5.41, 5.74) is 3.53. The molecule has 3 heterocycles. The van der Waals surface area contributed by atoms with Gasteiger partial charge in [-0.2, -0.15) is 0 Å². The third-order valence-corrected chi connectivity index (χ3v) is 4.79. The Bertz CT molecular complexity index is 701. The van der Waals surface area contributed by atoms with E-state index in [0.717, 1.165) is 49.8 Å². The van der Waals surface area contributed by atoms with Gasteiger partial charge in [-0.05, 0) is 46.6 Å². The van der Waals surface area contributed by atoms with Gasteiger partial charge >= 0.3 is 0 Å². The molecule has 1 atom stereocenters. The van der Waals surface area contributed by atoms with Crippen molar-refractivity contribution in [1.82, 2.24) is 24.8 Å². The van der Waals surface area contributed by atoms with E-state index in [9.17, 15) is 0 Å². The smallest absolute Gasteiger partial charge is 0.133 e. The Morgan fingerprint density at radius 3 is 2.72 bits per heavy atom. The molecule has 25 heavy (non-hydrogen) atoms. The standard InChI is InChI=1S/C19H28N6/c1-14-22-16-9-12-25(4)11-8-15(16)19(23-14)21-13-18(24(2)3)17-7-5-6-10-20-17/h5-7,10,18H,8-9,11-13H2,1-4H3,(H,21,22,23). The number of hydrogen-bond acceptors (Lipinski definition) is 6. The van der Waals surface area contributed by atoms with Gasteiger partial charge in [0.15, 0.2) is 0 Å². The van der Waals surface area contributed by atoms with Gasteiger partial charge in [-0.1, -0.05) is 6.07 Å². The fourth-order valence-electron chi connectivity index (χ4n) is 3.30. The Morgan fingerprint density at radius 1 is 1.20 bits per heavy atom. The molecule has 0 radical (unpaired) electrons. The number of rotatable bonds is 5. The molecule has 0 aromatic carbocycles. The van der Waals surface area contributed by atoms with Crippen LogP contribution in [0.4, 0.5) is 5.82 Å². The van der Waals surface area contributed by atoms with Gasteiger partial charge in [-0.15, -0.1) is 0 Å². The summed E-state index contributed by atoms with van der Waals surface area (Å²) < 4.78 is 0. The number of nitrogens with one attached hydrogen (secondary N) is 1. The first-order chi connectivity index (χ1) is 12.0. The number of aryl methyl sites for hydroxylation is 1. The van der Waals surface area contributed by atoms with Crippen molar-refractivity contribution in [2.24, 2.45) is 0 Å². The van der Waals surface area contributed by atoms with E-state index in [-0.39, 0.29) is 6.04 Å². The maximum atomic E-state index is 4.70. The Morgan fingerprint density at radius 2 is 2.00 bits per heavy atom. The van der Waals surface area contributed by atoms with Crippen LogP contribution in [0.5, 0.6) is 0 Å². The second-order valence-corrected chi connectivity index (χ2v) is 6.96. The molecule has 2 aromatic rings. The lowest BCUT2D eigenvalue weighted by molar-refractivity contribution is 0.305. The molecular formula is C19H28N6. The minimum absolute atomic E-state index is 0.195. The molecule has 0 saturated heterocycles. The van der Waals surface area contributed by atoms with Crippen molar-refractivity contribution < 1.29 is 0 Å². The van der Waals surface area contributed by atoms with Crippen LogP contribution in [0.2, 0.25) is 0 Å². The number of pyridine rings is 1. The topological polar surface area (TPSA) is 57.2 Å². The molecule has 0 aliphatic carbocycles. The normalized spacial score (nSPS) is 16.4. The van der Waals surface area contributed by atoms with Crippen molar-refractivity contribution in [2.45, 2.75) is 25.8 Å². The number of hydrogen-bond donors (Lipinski definition) is 1.